The summed E-state index contributed by atoms with van der Waals surface area (Å²) in [6, 6.07) is 14.5. The van der Waals surface area contributed by atoms with Crippen molar-refractivity contribution in [2.75, 3.05) is 6.26 Å². The van der Waals surface area contributed by atoms with E-state index < -0.39 is 10.1 Å². The van der Waals surface area contributed by atoms with Crippen LogP contribution >= 0.6 is 12.6 Å². The molecule has 0 unspecified atom stereocenters. The van der Waals surface area contributed by atoms with Gasteiger partial charge in [0.15, 0.2) is 0 Å². The summed E-state index contributed by atoms with van der Waals surface area (Å²) < 4.78 is 26.7. The molecule has 0 fully saturated rings. The average Bonchev–Trinajstić information content (AvgIpc) is 2.29. The third-order valence-electron chi connectivity index (χ3n) is 2.32. The zero-order valence-corrected chi connectivity index (χ0v) is 11.4. The standard InChI is InChI=1S/C13H12O3S2/c1-18(14,15)16-11-8-6-10(7-9-11)12-4-2-3-5-13(12)17/h2-9,17H,1H3. The summed E-state index contributed by atoms with van der Waals surface area (Å²) in [6.45, 7) is 0. The summed E-state index contributed by atoms with van der Waals surface area (Å²) in [7, 11) is -3.48. The first kappa shape index (κ1) is 13.0. The van der Waals surface area contributed by atoms with Gasteiger partial charge in [0.2, 0.25) is 0 Å². The van der Waals surface area contributed by atoms with E-state index in [9.17, 15) is 8.42 Å². The maximum atomic E-state index is 11.0. The molecule has 0 amide bonds. The Kier molecular flexibility index (Phi) is 3.63. The van der Waals surface area contributed by atoms with E-state index in [1.807, 2.05) is 24.3 Å². The van der Waals surface area contributed by atoms with E-state index in [0.717, 1.165) is 22.3 Å². The number of thiol groups is 1. The number of hydrogen-bond acceptors (Lipinski definition) is 4. The van der Waals surface area contributed by atoms with Crippen LogP contribution in [0, 0.1) is 0 Å². The predicted octanol–water partition coefficient (Wildman–Crippen LogP) is 2.98. The molecule has 0 N–H and O–H groups in total. The molecule has 2 aromatic rings. The van der Waals surface area contributed by atoms with Crippen molar-refractivity contribution in [2.24, 2.45) is 0 Å². The van der Waals surface area contributed by atoms with Gasteiger partial charge in [0.05, 0.1) is 6.26 Å². The highest BCUT2D eigenvalue weighted by molar-refractivity contribution is 7.86. The molecule has 0 spiro atoms. The molecule has 0 saturated carbocycles. The maximum Gasteiger partial charge on any atom is 0.306 e. The molecule has 2 aromatic carbocycles. The van der Waals surface area contributed by atoms with Gasteiger partial charge >= 0.3 is 10.1 Å². The van der Waals surface area contributed by atoms with Crippen LogP contribution in [0.5, 0.6) is 5.75 Å². The SMILES string of the molecule is CS(=O)(=O)Oc1ccc(-c2ccccc2S)cc1. The van der Waals surface area contributed by atoms with Gasteiger partial charge in [-0.05, 0) is 29.3 Å². The highest BCUT2D eigenvalue weighted by atomic mass is 32.2. The van der Waals surface area contributed by atoms with E-state index >= 15 is 0 Å². The monoisotopic (exact) mass is 280 g/mol. The van der Waals surface area contributed by atoms with Gasteiger partial charge in [-0.25, -0.2) is 0 Å². The van der Waals surface area contributed by atoms with Gasteiger partial charge in [0, 0.05) is 4.90 Å². The zero-order chi connectivity index (χ0) is 13.2. The molecule has 3 nitrogen and oxygen atoms in total. The Morgan fingerprint density at radius 3 is 2.17 bits per heavy atom. The fraction of sp³-hybridized carbons (Fsp3) is 0.0769. The zero-order valence-electron chi connectivity index (χ0n) is 9.70. The van der Waals surface area contributed by atoms with E-state index in [1.165, 1.54) is 0 Å². The first-order valence-corrected chi connectivity index (χ1v) is 7.50. The molecule has 0 heterocycles. The lowest BCUT2D eigenvalue weighted by atomic mass is 10.1. The average molecular weight is 280 g/mol. The maximum absolute atomic E-state index is 11.0. The molecule has 0 aromatic heterocycles. The van der Waals surface area contributed by atoms with Gasteiger partial charge in [-0.2, -0.15) is 8.42 Å². The summed E-state index contributed by atoms with van der Waals surface area (Å²) >= 11 is 4.38. The number of hydrogen-bond donors (Lipinski definition) is 1. The van der Waals surface area contributed by atoms with Crippen LogP contribution < -0.4 is 4.18 Å². The molecule has 5 heteroatoms. The van der Waals surface area contributed by atoms with Crippen molar-refractivity contribution in [1.29, 1.82) is 0 Å². The van der Waals surface area contributed by atoms with Crippen LogP contribution in [-0.2, 0) is 10.1 Å². The van der Waals surface area contributed by atoms with Gasteiger partial charge in [0.25, 0.3) is 0 Å². The fourth-order valence-electron chi connectivity index (χ4n) is 1.58. The second-order valence-electron chi connectivity index (χ2n) is 3.83. The Morgan fingerprint density at radius 1 is 1.00 bits per heavy atom. The van der Waals surface area contributed by atoms with Crippen LogP contribution in [0.1, 0.15) is 0 Å². The Labute approximate surface area is 112 Å². The van der Waals surface area contributed by atoms with Crippen molar-refractivity contribution in [1.82, 2.24) is 0 Å². The normalized spacial score (nSPS) is 11.2. The molecular formula is C13H12O3S2. The molecule has 0 bridgehead atoms. The number of rotatable bonds is 3. The quantitative estimate of drug-likeness (QED) is 0.694. The molecule has 0 saturated heterocycles. The summed E-state index contributed by atoms with van der Waals surface area (Å²) in [5.41, 5.74) is 1.95. The Hall–Kier alpha value is -1.46. The molecule has 0 radical (unpaired) electrons. The summed E-state index contributed by atoms with van der Waals surface area (Å²) in [5.74, 6) is 0.304. The highest BCUT2D eigenvalue weighted by Crippen LogP contribution is 2.27. The van der Waals surface area contributed by atoms with Crippen LogP contribution in [0.2, 0.25) is 0 Å². The Balaban J connectivity index is 2.31. The lowest BCUT2D eigenvalue weighted by Crippen LogP contribution is -2.05. The van der Waals surface area contributed by atoms with Gasteiger partial charge in [-0.3, -0.25) is 0 Å². The molecule has 94 valence electrons. The molecular weight excluding hydrogens is 268 g/mol. The fourth-order valence-corrected chi connectivity index (χ4v) is 2.33. The first-order valence-electron chi connectivity index (χ1n) is 5.23. The highest BCUT2D eigenvalue weighted by Gasteiger charge is 2.05. The minimum absolute atomic E-state index is 0.304. The van der Waals surface area contributed by atoms with Crippen molar-refractivity contribution in [3.63, 3.8) is 0 Å². The largest absolute Gasteiger partial charge is 0.383 e. The van der Waals surface area contributed by atoms with Crippen LogP contribution in [-0.4, -0.2) is 14.7 Å². The second-order valence-corrected chi connectivity index (χ2v) is 5.89. The molecule has 0 aliphatic carbocycles. The topological polar surface area (TPSA) is 43.4 Å². The van der Waals surface area contributed by atoms with Crippen molar-refractivity contribution in [2.45, 2.75) is 4.90 Å². The second kappa shape index (κ2) is 5.04. The lowest BCUT2D eigenvalue weighted by molar-refractivity contribution is 0.493. The van der Waals surface area contributed by atoms with E-state index in [2.05, 4.69) is 12.6 Å². The minimum atomic E-state index is -3.48. The summed E-state index contributed by atoms with van der Waals surface area (Å²) in [6.07, 6.45) is 1.02. The minimum Gasteiger partial charge on any atom is -0.383 e. The third kappa shape index (κ3) is 3.27. The van der Waals surface area contributed by atoms with Crippen molar-refractivity contribution in [3.05, 3.63) is 48.5 Å². The van der Waals surface area contributed by atoms with Gasteiger partial charge in [0.1, 0.15) is 5.75 Å². The van der Waals surface area contributed by atoms with Gasteiger partial charge in [-0.15, -0.1) is 12.6 Å². The Morgan fingerprint density at radius 2 is 1.61 bits per heavy atom. The molecule has 18 heavy (non-hydrogen) atoms. The van der Waals surface area contributed by atoms with E-state index in [-0.39, 0.29) is 0 Å². The predicted molar refractivity (Wildman–Crippen MR) is 74.6 cm³/mol. The van der Waals surface area contributed by atoms with Crippen LogP contribution in [0.15, 0.2) is 53.4 Å². The van der Waals surface area contributed by atoms with E-state index in [1.54, 1.807) is 24.3 Å². The van der Waals surface area contributed by atoms with Crippen molar-refractivity contribution in [3.8, 4) is 16.9 Å². The molecule has 0 aliphatic heterocycles. The smallest absolute Gasteiger partial charge is 0.306 e. The number of benzene rings is 2. The van der Waals surface area contributed by atoms with Crippen LogP contribution in [0.4, 0.5) is 0 Å². The van der Waals surface area contributed by atoms with E-state index in [4.69, 9.17) is 4.18 Å². The van der Waals surface area contributed by atoms with Gasteiger partial charge < -0.3 is 4.18 Å². The van der Waals surface area contributed by atoms with Crippen LogP contribution in [0.25, 0.3) is 11.1 Å². The first-order chi connectivity index (χ1) is 8.46. The summed E-state index contributed by atoms with van der Waals surface area (Å²) in [5, 5.41) is 0. The summed E-state index contributed by atoms with van der Waals surface area (Å²) in [4.78, 5) is 0.870. The Bertz CT molecular complexity index is 646. The molecule has 0 atom stereocenters. The van der Waals surface area contributed by atoms with Crippen molar-refractivity contribution < 1.29 is 12.6 Å². The lowest BCUT2D eigenvalue weighted by Gasteiger charge is -2.06. The van der Waals surface area contributed by atoms with E-state index in [0.29, 0.717) is 5.75 Å². The van der Waals surface area contributed by atoms with Crippen molar-refractivity contribution >= 4 is 22.7 Å². The molecule has 2 rings (SSSR count). The third-order valence-corrected chi connectivity index (χ3v) is 3.20. The molecule has 0 aliphatic rings. The van der Waals surface area contributed by atoms with Crippen LogP contribution in [0.3, 0.4) is 0 Å². The van der Waals surface area contributed by atoms with Gasteiger partial charge in [-0.1, -0.05) is 30.3 Å².